The number of hydrogen-bond donors (Lipinski definition) is 2. The molecule has 7 atom stereocenters. The summed E-state index contributed by atoms with van der Waals surface area (Å²) in [7, 11) is 0. The molecule has 180 valence electrons. The standard InChI is InChI=1S/C30H48O2/c1-7-23(8-2)20(3)11-12-21(4)27-15-16-28-24(10-9-17-30(27,28)6)13-14-25-18-26(31)19-29(32)22(25)5/h11-14,20-21,23,26-29,31-32H,5,7-10,15-19H2,1-4,6H3/b12-11+,24-13+,25-14+/t20-,21-,26-,27-,28+,29+,30-/m1/s1. The van der Waals surface area contributed by atoms with Gasteiger partial charge in [-0.1, -0.05) is 83.9 Å². The molecule has 3 aliphatic rings. The van der Waals surface area contributed by atoms with Crippen LogP contribution in [0.4, 0.5) is 0 Å². The Morgan fingerprint density at radius 2 is 1.81 bits per heavy atom. The zero-order chi connectivity index (χ0) is 23.5. The molecular formula is C30H48O2. The Morgan fingerprint density at radius 1 is 1.09 bits per heavy atom. The van der Waals surface area contributed by atoms with Crippen molar-refractivity contribution in [3.63, 3.8) is 0 Å². The average Bonchev–Trinajstić information content (AvgIpc) is 3.12. The Morgan fingerprint density at radius 3 is 2.50 bits per heavy atom. The monoisotopic (exact) mass is 440 g/mol. The number of aliphatic hydroxyl groups is 2. The lowest BCUT2D eigenvalue weighted by molar-refractivity contribution is 0.0862. The van der Waals surface area contributed by atoms with Crippen molar-refractivity contribution in [2.24, 2.45) is 35.0 Å². The quantitative estimate of drug-likeness (QED) is 0.405. The van der Waals surface area contributed by atoms with Gasteiger partial charge in [-0.25, -0.2) is 0 Å². The molecule has 3 fully saturated rings. The van der Waals surface area contributed by atoms with Crippen molar-refractivity contribution in [2.75, 3.05) is 0 Å². The number of hydrogen-bond acceptors (Lipinski definition) is 2. The Kier molecular flexibility index (Phi) is 8.66. The number of aliphatic hydroxyl groups excluding tert-OH is 2. The van der Waals surface area contributed by atoms with Gasteiger partial charge in [0.25, 0.3) is 0 Å². The van der Waals surface area contributed by atoms with Gasteiger partial charge in [0.05, 0.1) is 12.2 Å². The Bertz CT molecular complexity index is 740. The van der Waals surface area contributed by atoms with Crippen molar-refractivity contribution in [3.05, 3.63) is 47.6 Å². The molecule has 0 heterocycles. The third-order valence-electron chi connectivity index (χ3n) is 9.45. The molecule has 0 aromatic carbocycles. The molecule has 0 spiro atoms. The van der Waals surface area contributed by atoms with Crippen LogP contribution in [0.1, 0.15) is 92.4 Å². The molecule has 0 bridgehead atoms. The predicted octanol–water partition coefficient (Wildman–Crippen LogP) is 7.39. The fourth-order valence-corrected chi connectivity index (χ4v) is 7.28. The maximum absolute atomic E-state index is 10.2. The van der Waals surface area contributed by atoms with Gasteiger partial charge in [-0.05, 0) is 84.7 Å². The summed E-state index contributed by atoms with van der Waals surface area (Å²) >= 11 is 0. The molecule has 32 heavy (non-hydrogen) atoms. The molecule has 2 N–H and O–H groups in total. The summed E-state index contributed by atoms with van der Waals surface area (Å²) in [5.74, 6) is 3.51. The van der Waals surface area contributed by atoms with Crippen LogP contribution >= 0.6 is 0 Å². The van der Waals surface area contributed by atoms with Gasteiger partial charge in [-0.3, -0.25) is 0 Å². The van der Waals surface area contributed by atoms with Gasteiger partial charge < -0.3 is 10.2 Å². The molecule has 0 radical (unpaired) electrons. The Hall–Kier alpha value is -1.12. The van der Waals surface area contributed by atoms with Crippen LogP contribution in [-0.2, 0) is 0 Å². The van der Waals surface area contributed by atoms with Crippen molar-refractivity contribution in [1.82, 2.24) is 0 Å². The number of fused-ring (bicyclic) bond motifs is 1. The van der Waals surface area contributed by atoms with Gasteiger partial charge in [-0.15, -0.1) is 0 Å². The van der Waals surface area contributed by atoms with Gasteiger partial charge in [-0.2, -0.15) is 0 Å². The fourth-order valence-electron chi connectivity index (χ4n) is 7.28. The number of rotatable bonds is 7. The lowest BCUT2D eigenvalue weighted by Gasteiger charge is -2.44. The summed E-state index contributed by atoms with van der Waals surface area (Å²) in [6.45, 7) is 16.1. The second-order valence-electron chi connectivity index (χ2n) is 11.3. The summed E-state index contributed by atoms with van der Waals surface area (Å²) in [4.78, 5) is 0. The predicted molar refractivity (Wildman–Crippen MR) is 136 cm³/mol. The fraction of sp³-hybridized carbons (Fsp3) is 0.733. The molecule has 0 aromatic rings. The first kappa shape index (κ1) is 25.5. The lowest BCUT2D eigenvalue weighted by atomic mass is 9.61. The first-order valence-corrected chi connectivity index (χ1v) is 13.3. The highest BCUT2D eigenvalue weighted by Gasteiger charge is 2.50. The van der Waals surface area contributed by atoms with Crippen LogP contribution < -0.4 is 0 Å². The molecule has 2 heteroatoms. The smallest absolute Gasteiger partial charge is 0.0811 e. The van der Waals surface area contributed by atoms with E-state index >= 15 is 0 Å². The van der Waals surface area contributed by atoms with E-state index < -0.39 is 12.2 Å². The minimum absolute atomic E-state index is 0.382. The van der Waals surface area contributed by atoms with Gasteiger partial charge in [0.1, 0.15) is 0 Å². The van der Waals surface area contributed by atoms with Gasteiger partial charge in [0.15, 0.2) is 0 Å². The summed E-state index contributed by atoms with van der Waals surface area (Å²) < 4.78 is 0. The van der Waals surface area contributed by atoms with E-state index in [9.17, 15) is 10.2 Å². The van der Waals surface area contributed by atoms with Crippen LogP contribution in [0.5, 0.6) is 0 Å². The highest BCUT2D eigenvalue weighted by molar-refractivity contribution is 5.38. The molecule has 0 amide bonds. The van der Waals surface area contributed by atoms with Gasteiger partial charge >= 0.3 is 0 Å². The maximum Gasteiger partial charge on any atom is 0.0811 e. The van der Waals surface area contributed by atoms with E-state index in [0.717, 1.165) is 23.0 Å². The minimum Gasteiger partial charge on any atom is -0.393 e. The van der Waals surface area contributed by atoms with E-state index in [1.807, 2.05) is 0 Å². The van der Waals surface area contributed by atoms with Crippen molar-refractivity contribution in [2.45, 2.75) is 105 Å². The molecule has 3 rings (SSSR count). The van der Waals surface area contributed by atoms with Crippen LogP contribution in [0.2, 0.25) is 0 Å². The second kappa shape index (κ2) is 10.9. The third-order valence-corrected chi connectivity index (χ3v) is 9.45. The van der Waals surface area contributed by atoms with Crippen LogP contribution in [0.15, 0.2) is 47.6 Å². The molecule has 0 aromatic heterocycles. The van der Waals surface area contributed by atoms with Crippen LogP contribution in [0, 0.1) is 35.0 Å². The summed E-state index contributed by atoms with van der Waals surface area (Å²) in [5, 5.41) is 20.2. The summed E-state index contributed by atoms with van der Waals surface area (Å²) in [5.41, 5.74) is 3.78. The minimum atomic E-state index is -0.606. The van der Waals surface area contributed by atoms with E-state index in [4.69, 9.17) is 0 Å². The highest BCUT2D eigenvalue weighted by Crippen LogP contribution is 2.59. The molecule has 0 saturated heterocycles. The largest absolute Gasteiger partial charge is 0.393 e. The van der Waals surface area contributed by atoms with Crippen molar-refractivity contribution in [3.8, 4) is 0 Å². The van der Waals surface area contributed by atoms with E-state index in [-0.39, 0.29) is 0 Å². The molecule has 3 aliphatic carbocycles. The van der Waals surface area contributed by atoms with Gasteiger partial charge in [0.2, 0.25) is 0 Å². The van der Waals surface area contributed by atoms with Gasteiger partial charge in [0, 0.05) is 6.42 Å². The lowest BCUT2D eigenvalue weighted by Crippen LogP contribution is -2.35. The third kappa shape index (κ3) is 5.33. The summed E-state index contributed by atoms with van der Waals surface area (Å²) in [6, 6.07) is 0. The van der Waals surface area contributed by atoms with E-state index in [1.54, 1.807) is 5.57 Å². The maximum atomic E-state index is 10.2. The van der Waals surface area contributed by atoms with Crippen LogP contribution in [-0.4, -0.2) is 22.4 Å². The van der Waals surface area contributed by atoms with Crippen molar-refractivity contribution < 1.29 is 10.2 Å². The second-order valence-corrected chi connectivity index (χ2v) is 11.3. The van der Waals surface area contributed by atoms with Crippen LogP contribution in [0.3, 0.4) is 0 Å². The molecule has 0 aliphatic heterocycles. The normalized spacial score (nSPS) is 38.1. The zero-order valence-corrected chi connectivity index (χ0v) is 21.3. The zero-order valence-electron chi connectivity index (χ0n) is 21.3. The topological polar surface area (TPSA) is 40.5 Å². The molecule has 2 nitrogen and oxygen atoms in total. The first-order valence-electron chi connectivity index (χ1n) is 13.3. The molecule has 3 saturated carbocycles. The van der Waals surface area contributed by atoms with E-state index in [1.165, 1.54) is 44.9 Å². The number of allylic oxidation sites excluding steroid dienone is 5. The van der Waals surface area contributed by atoms with Crippen molar-refractivity contribution in [1.29, 1.82) is 0 Å². The summed E-state index contributed by atoms with van der Waals surface area (Å²) in [6.07, 6.45) is 18.4. The van der Waals surface area contributed by atoms with Crippen molar-refractivity contribution >= 4 is 0 Å². The molecular weight excluding hydrogens is 392 g/mol. The van der Waals surface area contributed by atoms with Crippen LogP contribution in [0.25, 0.3) is 0 Å². The van der Waals surface area contributed by atoms with E-state index in [2.05, 4.69) is 65.5 Å². The highest BCUT2D eigenvalue weighted by atomic mass is 16.3. The first-order chi connectivity index (χ1) is 15.2. The SMILES string of the molecule is C=C1/C(=C/C=C2\CCC[C@]3(C)[C@@H]([C@H](C)/C=C/[C@@H](C)C(CC)CC)CC[C@@H]23)C[C@@H](O)C[C@@H]1O. The van der Waals surface area contributed by atoms with E-state index in [0.29, 0.717) is 36.0 Å². The Labute approximate surface area is 197 Å². The Balaban J connectivity index is 1.74. The molecule has 0 unspecified atom stereocenters. The average molecular weight is 441 g/mol.